The summed E-state index contributed by atoms with van der Waals surface area (Å²) in [5.41, 5.74) is 3.25. The minimum absolute atomic E-state index is 0.219. The number of carbonyl (C=O) groups is 1. The highest BCUT2D eigenvalue weighted by atomic mass is 32.2. The van der Waals surface area contributed by atoms with E-state index in [2.05, 4.69) is 10.2 Å². The molecule has 0 spiro atoms. The van der Waals surface area contributed by atoms with E-state index >= 15 is 0 Å². The largest absolute Gasteiger partial charge is 0.493 e. The van der Waals surface area contributed by atoms with Gasteiger partial charge in [-0.1, -0.05) is 29.8 Å². The number of carbonyl (C=O) groups excluding carboxylic acids is 1. The zero-order valence-electron chi connectivity index (χ0n) is 20.7. The first kappa shape index (κ1) is 25.7. The summed E-state index contributed by atoms with van der Waals surface area (Å²) in [6, 6.07) is 19.6. The summed E-state index contributed by atoms with van der Waals surface area (Å²) < 4.78 is 37.9. The standard InChI is InChI=1S/C27H31N3O5S/c1-20-4-11-24(12-5-20)36(32,33)30-16-14-29(15-17-30)19-21-6-8-22(9-7-21)27(31)28-23-10-13-25(34-2)26(18-23)35-3/h4-13,18H,14-17,19H2,1-3H3,(H,28,31). The van der Waals surface area contributed by atoms with Crippen LogP contribution in [0.3, 0.4) is 0 Å². The van der Waals surface area contributed by atoms with Crippen LogP contribution in [0.1, 0.15) is 21.5 Å². The van der Waals surface area contributed by atoms with Gasteiger partial charge in [-0.2, -0.15) is 4.31 Å². The van der Waals surface area contributed by atoms with Crippen LogP contribution in [-0.4, -0.2) is 63.9 Å². The molecular formula is C27H31N3O5S. The van der Waals surface area contributed by atoms with Gasteiger partial charge in [0.15, 0.2) is 11.5 Å². The van der Waals surface area contributed by atoms with Gasteiger partial charge >= 0.3 is 0 Å². The Hall–Kier alpha value is -3.40. The van der Waals surface area contributed by atoms with Crippen molar-refractivity contribution >= 4 is 21.6 Å². The van der Waals surface area contributed by atoms with Gasteiger partial charge in [-0.3, -0.25) is 9.69 Å². The fraction of sp³-hybridized carbons (Fsp3) is 0.296. The van der Waals surface area contributed by atoms with Crippen molar-refractivity contribution < 1.29 is 22.7 Å². The summed E-state index contributed by atoms with van der Waals surface area (Å²) in [5.74, 6) is 0.912. The molecule has 1 saturated heterocycles. The zero-order valence-corrected chi connectivity index (χ0v) is 21.5. The number of methoxy groups -OCH3 is 2. The number of hydrogen-bond acceptors (Lipinski definition) is 6. The molecule has 0 atom stereocenters. The molecule has 1 aliphatic heterocycles. The molecule has 8 nitrogen and oxygen atoms in total. The van der Waals surface area contributed by atoms with Crippen molar-refractivity contribution in [2.24, 2.45) is 0 Å². The summed E-state index contributed by atoms with van der Waals surface area (Å²) in [6.07, 6.45) is 0. The highest BCUT2D eigenvalue weighted by Crippen LogP contribution is 2.30. The molecule has 1 amide bonds. The number of amides is 1. The maximum atomic E-state index is 12.9. The SMILES string of the molecule is COc1ccc(NC(=O)c2ccc(CN3CCN(S(=O)(=O)c4ccc(C)cc4)CC3)cc2)cc1OC. The normalized spacial score (nSPS) is 14.9. The molecule has 1 N–H and O–H groups in total. The Morgan fingerprint density at radius 3 is 2.11 bits per heavy atom. The van der Waals surface area contributed by atoms with Crippen molar-refractivity contribution in [3.05, 3.63) is 83.4 Å². The second kappa shape index (κ2) is 11.1. The summed E-state index contributed by atoms with van der Waals surface area (Å²) in [4.78, 5) is 15.2. The van der Waals surface area contributed by atoms with Crippen LogP contribution >= 0.6 is 0 Å². The summed E-state index contributed by atoms with van der Waals surface area (Å²) >= 11 is 0. The van der Waals surface area contributed by atoms with Crippen molar-refractivity contribution in [1.29, 1.82) is 0 Å². The number of piperazine rings is 1. The van der Waals surface area contributed by atoms with E-state index in [1.165, 1.54) is 0 Å². The van der Waals surface area contributed by atoms with Gasteiger partial charge in [0.1, 0.15) is 0 Å². The smallest absolute Gasteiger partial charge is 0.255 e. The maximum Gasteiger partial charge on any atom is 0.255 e. The molecule has 0 bridgehead atoms. The third-order valence-corrected chi connectivity index (χ3v) is 8.17. The lowest BCUT2D eigenvalue weighted by atomic mass is 10.1. The predicted octanol–water partition coefficient (Wildman–Crippen LogP) is 3.77. The molecule has 0 saturated carbocycles. The van der Waals surface area contributed by atoms with E-state index in [1.807, 2.05) is 31.2 Å². The minimum atomic E-state index is -3.48. The molecule has 9 heteroatoms. The number of hydrogen-bond donors (Lipinski definition) is 1. The van der Waals surface area contributed by atoms with E-state index in [1.54, 1.807) is 61.0 Å². The number of anilines is 1. The molecule has 190 valence electrons. The summed E-state index contributed by atoms with van der Waals surface area (Å²) in [5, 5.41) is 2.87. The third kappa shape index (κ3) is 5.87. The third-order valence-electron chi connectivity index (χ3n) is 6.25. The number of aryl methyl sites for hydroxylation is 1. The van der Waals surface area contributed by atoms with Crippen LogP contribution in [0.4, 0.5) is 5.69 Å². The molecule has 0 aliphatic carbocycles. The average Bonchev–Trinajstić information content (AvgIpc) is 2.89. The number of nitrogens with zero attached hydrogens (tertiary/aromatic N) is 2. The van der Waals surface area contributed by atoms with Crippen LogP contribution in [0, 0.1) is 6.92 Å². The van der Waals surface area contributed by atoms with Crippen LogP contribution in [0.25, 0.3) is 0 Å². The van der Waals surface area contributed by atoms with Gasteiger partial charge in [-0.25, -0.2) is 8.42 Å². The number of ether oxygens (including phenoxy) is 2. The molecule has 4 rings (SSSR count). The molecule has 3 aromatic carbocycles. The fourth-order valence-corrected chi connectivity index (χ4v) is 5.55. The van der Waals surface area contributed by atoms with Crippen molar-refractivity contribution in [3.8, 4) is 11.5 Å². The number of rotatable bonds is 8. The highest BCUT2D eigenvalue weighted by Gasteiger charge is 2.28. The molecule has 1 heterocycles. The Bertz CT molecular complexity index is 1300. The number of benzene rings is 3. The summed E-state index contributed by atoms with van der Waals surface area (Å²) in [7, 11) is -0.370. The minimum Gasteiger partial charge on any atom is -0.493 e. The van der Waals surface area contributed by atoms with Crippen LogP contribution in [0.5, 0.6) is 11.5 Å². The number of sulfonamides is 1. The molecule has 0 aromatic heterocycles. The van der Waals surface area contributed by atoms with Crippen LogP contribution in [0.15, 0.2) is 71.6 Å². The second-order valence-corrected chi connectivity index (χ2v) is 10.7. The Labute approximate surface area is 212 Å². The van der Waals surface area contributed by atoms with Gasteiger partial charge in [0.25, 0.3) is 5.91 Å². The Morgan fingerprint density at radius 1 is 0.861 bits per heavy atom. The van der Waals surface area contributed by atoms with Crippen molar-refractivity contribution in [2.75, 3.05) is 45.7 Å². The van der Waals surface area contributed by atoms with Gasteiger partial charge < -0.3 is 14.8 Å². The Kier molecular flexibility index (Phi) is 7.93. The summed E-state index contributed by atoms with van der Waals surface area (Å²) in [6.45, 7) is 4.81. The lowest BCUT2D eigenvalue weighted by molar-refractivity contribution is 0.102. The lowest BCUT2D eigenvalue weighted by Gasteiger charge is -2.34. The first-order chi connectivity index (χ1) is 17.3. The second-order valence-electron chi connectivity index (χ2n) is 8.71. The van der Waals surface area contributed by atoms with Crippen molar-refractivity contribution in [3.63, 3.8) is 0 Å². The molecular weight excluding hydrogens is 478 g/mol. The molecule has 1 aliphatic rings. The first-order valence-electron chi connectivity index (χ1n) is 11.7. The molecule has 0 radical (unpaired) electrons. The molecule has 0 unspecified atom stereocenters. The predicted molar refractivity (Wildman–Crippen MR) is 139 cm³/mol. The Balaban J connectivity index is 1.31. The van der Waals surface area contributed by atoms with Crippen LogP contribution in [-0.2, 0) is 16.6 Å². The van der Waals surface area contributed by atoms with E-state index in [4.69, 9.17) is 9.47 Å². The van der Waals surface area contributed by atoms with E-state index in [0.717, 1.165) is 11.1 Å². The average molecular weight is 510 g/mol. The number of nitrogens with one attached hydrogen (secondary N) is 1. The molecule has 36 heavy (non-hydrogen) atoms. The lowest BCUT2D eigenvalue weighted by Crippen LogP contribution is -2.48. The van der Waals surface area contributed by atoms with Gasteiger partial charge in [0, 0.05) is 50.0 Å². The molecule has 3 aromatic rings. The van der Waals surface area contributed by atoms with Gasteiger partial charge in [0.05, 0.1) is 19.1 Å². The Morgan fingerprint density at radius 2 is 1.50 bits per heavy atom. The monoisotopic (exact) mass is 509 g/mol. The van der Waals surface area contributed by atoms with E-state index in [9.17, 15) is 13.2 Å². The van der Waals surface area contributed by atoms with Gasteiger partial charge in [-0.05, 0) is 48.9 Å². The van der Waals surface area contributed by atoms with E-state index in [0.29, 0.717) is 60.4 Å². The highest BCUT2D eigenvalue weighted by molar-refractivity contribution is 7.89. The van der Waals surface area contributed by atoms with E-state index in [-0.39, 0.29) is 5.91 Å². The fourth-order valence-electron chi connectivity index (χ4n) is 4.12. The zero-order chi connectivity index (χ0) is 25.7. The van der Waals surface area contributed by atoms with Crippen molar-refractivity contribution in [1.82, 2.24) is 9.21 Å². The first-order valence-corrected chi connectivity index (χ1v) is 13.2. The van der Waals surface area contributed by atoms with Gasteiger partial charge in [0.2, 0.25) is 10.0 Å². The van der Waals surface area contributed by atoms with Crippen molar-refractivity contribution in [2.45, 2.75) is 18.4 Å². The quantitative estimate of drug-likeness (QED) is 0.497. The maximum absolute atomic E-state index is 12.9. The van der Waals surface area contributed by atoms with E-state index < -0.39 is 10.0 Å². The van der Waals surface area contributed by atoms with Crippen LogP contribution in [0.2, 0.25) is 0 Å². The van der Waals surface area contributed by atoms with Gasteiger partial charge in [-0.15, -0.1) is 0 Å². The van der Waals surface area contributed by atoms with Crippen LogP contribution < -0.4 is 14.8 Å². The topological polar surface area (TPSA) is 88.2 Å². The molecule has 1 fully saturated rings.